The fourth-order valence-corrected chi connectivity index (χ4v) is 3.95. The van der Waals surface area contributed by atoms with Gasteiger partial charge < -0.3 is 15.3 Å². The molecule has 1 aromatic rings. The largest absolute Gasteiger partial charge is 0.465 e. The summed E-state index contributed by atoms with van der Waals surface area (Å²) in [6, 6.07) is 7.56. The van der Waals surface area contributed by atoms with Gasteiger partial charge in [0.05, 0.1) is 12.6 Å². The normalized spacial score (nSPS) is 19.7. The SMILES string of the molecule is CC(C)(C)N(C(=O)O)C(=O)NCCONC(=O)[C@@H]1CC[C@@H]2CN1C(=O)N2OCc1ccccc1. The van der Waals surface area contributed by atoms with Gasteiger partial charge >= 0.3 is 18.2 Å². The van der Waals surface area contributed by atoms with Crippen LogP contribution < -0.4 is 10.8 Å². The van der Waals surface area contributed by atoms with Gasteiger partial charge in [-0.1, -0.05) is 30.3 Å². The van der Waals surface area contributed by atoms with E-state index < -0.39 is 29.6 Å². The molecule has 12 nitrogen and oxygen atoms in total. The zero-order valence-electron chi connectivity index (χ0n) is 19.5. The molecule has 2 heterocycles. The number of piperidine rings is 1. The summed E-state index contributed by atoms with van der Waals surface area (Å²) in [6.07, 6.45) is -0.290. The standard InChI is InChI=1S/C22H31N5O7/c1-22(2,3)26(21(31)32)19(29)23-11-12-33-24-18(28)17-10-9-16-13-25(17)20(30)27(16)34-14-15-7-5-4-6-8-15/h4-8,16-17H,9-14H2,1-3H3,(H,23,29)(H,24,28)(H,31,32)/t16-,17+/m1/s1. The Balaban J connectivity index is 1.42. The maximum atomic E-state index is 12.8. The smallest absolute Gasteiger partial charge is 0.416 e. The number of carbonyl (C=O) groups excluding carboxylic acids is 3. The molecule has 34 heavy (non-hydrogen) atoms. The first kappa shape index (κ1) is 25.2. The van der Waals surface area contributed by atoms with Crippen molar-refractivity contribution in [1.29, 1.82) is 0 Å². The number of hydroxylamine groups is 3. The average Bonchev–Trinajstić information content (AvgIpc) is 3.01. The van der Waals surface area contributed by atoms with Gasteiger partial charge in [0.2, 0.25) is 0 Å². The summed E-state index contributed by atoms with van der Waals surface area (Å²) in [6.45, 7) is 5.34. The van der Waals surface area contributed by atoms with E-state index in [4.69, 9.17) is 9.68 Å². The number of hydrogen-bond acceptors (Lipinski definition) is 6. The highest BCUT2D eigenvalue weighted by molar-refractivity contribution is 5.91. The molecule has 3 N–H and O–H groups in total. The maximum absolute atomic E-state index is 12.8. The molecule has 2 fully saturated rings. The van der Waals surface area contributed by atoms with E-state index in [1.807, 2.05) is 30.3 Å². The monoisotopic (exact) mass is 477 g/mol. The Morgan fingerprint density at radius 2 is 1.88 bits per heavy atom. The molecule has 6 amide bonds. The minimum Gasteiger partial charge on any atom is -0.465 e. The lowest BCUT2D eigenvalue weighted by molar-refractivity contribution is -0.141. The summed E-state index contributed by atoms with van der Waals surface area (Å²) in [4.78, 5) is 61.8. The Kier molecular flexibility index (Phi) is 7.94. The molecule has 2 aliphatic rings. The van der Waals surface area contributed by atoms with Crippen LogP contribution in [0.3, 0.4) is 0 Å². The first-order valence-corrected chi connectivity index (χ1v) is 11.1. The van der Waals surface area contributed by atoms with Crippen LogP contribution in [-0.4, -0.2) is 81.4 Å². The van der Waals surface area contributed by atoms with Gasteiger partial charge in [-0.25, -0.2) is 24.8 Å². The molecule has 0 radical (unpaired) electrons. The fraction of sp³-hybridized carbons (Fsp3) is 0.545. The summed E-state index contributed by atoms with van der Waals surface area (Å²) >= 11 is 0. The van der Waals surface area contributed by atoms with Crippen LogP contribution in [0.1, 0.15) is 39.2 Å². The van der Waals surface area contributed by atoms with Crippen molar-refractivity contribution in [2.45, 2.75) is 57.8 Å². The molecule has 12 heteroatoms. The van der Waals surface area contributed by atoms with E-state index in [2.05, 4.69) is 10.8 Å². The highest BCUT2D eigenvalue weighted by Gasteiger charge is 2.48. The molecule has 0 spiro atoms. The van der Waals surface area contributed by atoms with Gasteiger partial charge in [-0.2, -0.15) is 5.06 Å². The number of imide groups is 1. The summed E-state index contributed by atoms with van der Waals surface area (Å²) in [5.41, 5.74) is 2.34. The number of carbonyl (C=O) groups is 4. The molecular weight excluding hydrogens is 446 g/mol. The molecule has 3 rings (SSSR count). The number of nitrogens with zero attached hydrogens (tertiary/aromatic N) is 3. The molecule has 2 atom stereocenters. The lowest BCUT2D eigenvalue weighted by Gasteiger charge is -2.31. The van der Waals surface area contributed by atoms with Crippen molar-refractivity contribution in [1.82, 2.24) is 25.7 Å². The summed E-state index contributed by atoms with van der Waals surface area (Å²) in [7, 11) is 0. The number of fused-ring (bicyclic) bond motifs is 2. The zero-order chi connectivity index (χ0) is 24.9. The second-order valence-corrected chi connectivity index (χ2v) is 9.10. The molecule has 2 aliphatic heterocycles. The van der Waals surface area contributed by atoms with E-state index in [0.717, 1.165) is 5.56 Å². The number of urea groups is 2. The Labute approximate surface area is 197 Å². The summed E-state index contributed by atoms with van der Waals surface area (Å²) in [5.74, 6) is -0.468. The molecule has 0 unspecified atom stereocenters. The van der Waals surface area contributed by atoms with Gasteiger partial charge in [0, 0.05) is 18.6 Å². The third-order valence-corrected chi connectivity index (χ3v) is 5.56. The van der Waals surface area contributed by atoms with E-state index >= 15 is 0 Å². The van der Waals surface area contributed by atoms with Crippen molar-refractivity contribution in [3.63, 3.8) is 0 Å². The van der Waals surface area contributed by atoms with Crippen molar-refractivity contribution in [2.75, 3.05) is 19.7 Å². The number of carboxylic acid groups (broad SMARTS) is 1. The van der Waals surface area contributed by atoms with Crippen molar-refractivity contribution in [3.05, 3.63) is 35.9 Å². The van der Waals surface area contributed by atoms with Gasteiger partial charge in [0.1, 0.15) is 12.6 Å². The Bertz CT molecular complexity index is 905. The van der Waals surface area contributed by atoms with Gasteiger partial charge in [0.15, 0.2) is 0 Å². The summed E-state index contributed by atoms with van der Waals surface area (Å²) < 4.78 is 0. The quantitative estimate of drug-likeness (QED) is 0.384. The number of nitrogens with one attached hydrogen (secondary N) is 2. The maximum Gasteiger partial charge on any atom is 0.416 e. The van der Waals surface area contributed by atoms with E-state index in [1.165, 1.54) is 9.96 Å². The van der Waals surface area contributed by atoms with Gasteiger partial charge in [0.25, 0.3) is 5.91 Å². The molecule has 1 aromatic carbocycles. The highest BCUT2D eigenvalue weighted by Crippen LogP contribution is 2.30. The molecular formula is C22H31N5O7. The van der Waals surface area contributed by atoms with Gasteiger partial charge in [-0.3, -0.25) is 14.5 Å². The lowest BCUT2D eigenvalue weighted by Crippen LogP contribution is -2.53. The molecule has 0 aromatic heterocycles. The van der Waals surface area contributed by atoms with Crippen LogP contribution in [0.25, 0.3) is 0 Å². The van der Waals surface area contributed by atoms with Crippen LogP contribution in [0, 0.1) is 0 Å². The second-order valence-electron chi connectivity index (χ2n) is 9.10. The van der Waals surface area contributed by atoms with Crippen LogP contribution in [-0.2, 0) is 21.1 Å². The van der Waals surface area contributed by atoms with Crippen LogP contribution in [0.4, 0.5) is 14.4 Å². The third-order valence-electron chi connectivity index (χ3n) is 5.56. The second kappa shape index (κ2) is 10.7. The lowest BCUT2D eigenvalue weighted by atomic mass is 10.0. The first-order chi connectivity index (χ1) is 16.1. The molecule has 2 saturated heterocycles. The number of amides is 6. The van der Waals surface area contributed by atoms with Crippen molar-refractivity contribution < 1.29 is 34.0 Å². The van der Waals surface area contributed by atoms with Crippen LogP contribution in [0.2, 0.25) is 0 Å². The van der Waals surface area contributed by atoms with E-state index in [1.54, 1.807) is 20.8 Å². The number of hydrogen-bond donors (Lipinski definition) is 3. The highest BCUT2D eigenvalue weighted by atomic mass is 16.7. The molecule has 0 saturated carbocycles. The fourth-order valence-electron chi connectivity index (χ4n) is 3.95. The van der Waals surface area contributed by atoms with E-state index in [9.17, 15) is 24.3 Å². The van der Waals surface area contributed by atoms with Crippen molar-refractivity contribution in [2.24, 2.45) is 0 Å². The van der Waals surface area contributed by atoms with Gasteiger partial charge in [-0.05, 0) is 39.2 Å². The topological polar surface area (TPSA) is 141 Å². The molecule has 0 aliphatic carbocycles. The number of benzene rings is 1. The minimum absolute atomic E-state index is 0.0184. The minimum atomic E-state index is -1.37. The Hall–Kier alpha value is -3.38. The van der Waals surface area contributed by atoms with Gasteiger partial charge in [-0.15, -0.1) is 0 Å². The van der Waals surface area contributed by atoms with Crippen molar-refractivity contribution in [3.8, 4) is 0 Å². The van der Waals surface area contributed by atoms with Crippen LogP contribution in [0.15, 0.2) is 30.3 Å². The predicted octanol–water partition coefficient (Wildman–Crippen LogP) is 1.92. The average molecular weight is 478 g/mol. The van der Waals surface area contributed by atoms with E-state index in [-0.39, 0.29) is 31.8 Å². The van der Waals surface area contributed by atoms with Crippen LogP contribution in [0.5, 0.6) is 0 Å². The zero-order valence-corrected chi connectivity index (χ0v) is 19.5. The predicted molar refractivity (Wildman–Crippen MR) is 119 cm³/mol. The van der Waals surface area contributed by atoms with E-state index in [0.29, 0.717) is 24.3 Å². The summed E-state index contributed by atoms with van der Waals surface area (Å²) in [5, 5.41) is 13.0. The Morgan fingerprint density at radius 1 is 1.18 bits per heavy atom. The van der Waals surface area contributed by atoms with Crippen LogP contribution >= 0.6 is 0 Å². The molecule has 2 bridgehead atoms. The number of rotatable bonds is 8. The molecule has 186 valence electrons. The van der Waals surface area contributed by atoms with Crippen molar-refractivity contribution >= 4 is 24.1 Å². The Morgan fingerprint density at radius 3 is 2.53 bits per heavy atom. The first-order valence-electron chi connectivity index (χ1n) is 11.1. The third kappa shape index (κ3) is 5.94.